The molecule has 1 aliphatic rings. The number of hydrogen-bond acceptors (Lipinski definition) is 3. The Labute approximate surface area is 137 Å². The van der Waals surface area contributed by atoms with Gasteiger partial charge in [0.1, 0.15) is 0 Å². The summed E-state index contributed by atoms with van der Waals surface area (Å²) in [5, 5.41) is 0. The molecule has 0 radical (unpaired) electrons. The van der Waals surface area contributed by atoms with Crippen LogP contribution in [0.2, 0.25) is 0 Å². The van der Waals surface area contributed by atoms with Crippen LogP contribution >= 0.6 is 0 Å². The Morgan fingerprint density at radius 3 is 3.04 bits per heavy atom. The molecule has 1 amide bonds. The van der Waals surface area contributed by atoms with Gasteiger partial charge in [-0.25, -0.2) is 0 Å². The first-order valence-electron chi connectivity index (χ1n) is 8.14. The Bertz CT molecular complexity index is 652. The SMILES string of the molecule is Cc1[nH]ccc1C(=O)N1CC[C@@H](CN(C)Cc2cccnc2)C1. The molecule has 3 rings (SSSR count). The van der Waals surface area contributed by atoms with E-state index in [0.717, 1.165) is 43.9 Å². The molecule has 1 N–H and O–H groups in total. The van der Waals surface area contributed by atoms with Crippen molar-refractivity contribution in [2.24, 2.45) is 5.92 Å². The monoisotopic (exact) mass is 312 g/mol. The Hall–Kier alpha value is -2.14. The minimum absolute atomic E-state index is 0.154. The third-order valence-electron chi connectivity index (χ3n) is 4.50. The molecule has 1 fully saturated rings. The first kappa shape index (κ1) is 15.7. The Morgan fingerprint density at radius 1 is 1.48 bits per heavy atom. The summed E-state index contributed by atoms with van der Waals surface area (Å²) in [5.74, 6) is 0.695. The molecule has 0 aromatic carbocycles. The summed E-state index contributed by atoms with van der Waals surface area (Å²) < 4.78 is 0. The number of H-pyrrole nitrogens is 1. The number of pyridine rings is 1. The number of nitrogens with zero attached hydrogens (tertiary/aromatic N) is 3. The van der Waals surface area contributed by atoms with Gasteiger partial charge in [0.15, 0.2) is 0 Å². The predicted molar refractivity (Wildman–Crippen MR) is 90.1 cm³/mol. The van der Waals surface area contributed by atoms with Gasteiger partial charge in [-0.2, -0.15) is 0 Å². The van der Waals surface area contributed by atoms with Gasteiger partial charge in [-0.3, -0.25) is 9.78 Å². The van der Waals surface area contributed by atoms with Crippen LogP contribution < -0.4 is 0 Å². The Balaban J connectivity index is 1.52. The van der Waals surface area contributed by atoms with Gasteiger partial charge in [0.05, 0.1) is 5.56 Å². The van der Waals surface area contributed by atoms with Crippen molar-refractivity contribution in [1.82, 2.24) is 19.8 Å². The molecule has 2 aromatic rings. The van der Waals surface area contributed by atoms with Gasteiger partial charge in [0.2, 0.25) is 0 Å². The molecular formula is C18H24N4O. The second kappa shape index (κ2) is 6.96. The number of rotatable bonds is 5. The van der Waals surface area contributed by atoms with Crippen LogP contribution in [-0.2, 0) is 6.54 Å². The number of hydrogen-bond donors (Lipinski definition) is 1. The third-order valence-corrected chi connectivity index (χ3v) is 4.50. The molecule has 0 unspecified atom stereocenters. The second-order valence-corrected chi connectivity index (χ2v) is 6.48. The zero-order chi connectivity index (χ0) is 16.2. The Morgan fingerprint density at radius 2 is 2.35 bits per heavy atom. The lowest BCUT2D eigenvalue weighted by molar-refractivity contribution is 0.0783. The van der Waals surface area contributed by atoms with Crippen LogP contribution in [0.1, 0.15) is 28.0 Å². The highest BCUT2D eigenvalue weighted by atomic mass is 16.2. The van der Waals surface area contributed by atoms with Crippen LogP contribution in [-0.4, -0.2) is 52.4 Å². The number of carbonyl (C=O) groups is 1. The van der Waals surface area contributed by atoms with E-state index in [1.807, 2.05) is 36.4 Å². The maximum atomic E-state index is 12.5. The summed E-state index contributed by atoms with van der Waals surface area (Å²) in [7, 11) is 2.13. The summed E-state index contributed by atoms with van der Waals surface area (Å²) >= 11 is 0. The fraction of sp³-hybridized carbons (Fsp3) is 0.444. The lowest BCUT2D eigenvalue weighted by Gasteiger charge is -2.21. The van der Waals surface area contributed by atoms with Crippen LogP contribution in [0.15, 0.2) is 36.8 Å². The quantitative estimate of drug-likeness (QED) is 0.922. The number of aryl methyl sites for hydroxylation is 1. The van der Waals surface area contributed by atoms with E-state index in [2.05, 4.69) is 28.0 Å². The molecule has 2 aromatic heterocycles. The molecule has 122 valence electrons. The predicted octanol–water partition coefficient (Wildman–Crippen LogP) is 2.31. The summed E-state index contributed by atoms with van der Waals surface area (Å²) in [6.07, 6.45) is 6.62. The topological polar surface area (TPSA) is 52.2 Å². The summed E-state index contributed by atoms with van der Waals surface area (Å²) in [6, 6.07) is 5.94. The highest BCUT2D eigenvalue weighted by Gasteiger charge is 2.28. The van der Waals surface area contributed by atoms with Gasteiger partial charge in [-0.1, -0.05) is 6.07 Å². The average molecular weight is 312 g/mol. The van der Waals surface area contributed by atoms with Crippen LogP contribution in [0.25, 0.3) is 0 Å². The smallest absolute Gasteiger partial charge is 0.255 e. The molecule has 1 aliphatic heterocycles. The van der Waals surface area contributed by atoms with E-state index in [1.165, 1.54) is 5.56 Å². The van der Waals surface area contributed by atoms with Crippen molar-refractivity contribution in [3.8, 4) is 0 Å². The zero-order valence-electron chi connectivity index (χ0n) is 13.8. The average Bonchev–Trinajstić information content (AvgIpc) is 3.16. The van der Waals surface area contributed by atoms with Crippen LogP contribution in [0.4, 0.5) is 0 Å². The van der Waals surface area contributed by atoms with Crippen molar-refractivity contribution >= 4 is 5.91 Å². The molecule has 23 heavy (non-hydrogen) atoms. The first-order valence-corrected chi connectivity index (χ1v) is 8.14. The highest BCUT2D eigenvalue weighted by molar-refractivity contribution is 5.95. The van der Waals surface area contributed by atoms with Gasteiger partial charge in [-0.05, 0) is 44.0 Å². The zero-order valence-corrected chi connectivity index (χ0v) is 13.8. The van der Waals surface area contributed by atoms with E-state index in [0.29, 0.717) is 5.92 Å². The van der Waals surface area contributed by atoms with Crippen molar-refractivity contribution in [2.45, 2.75) is 19.9 Å². The summed E-state index contributed by atoms with van der Waals surface area (Å²) in [6.45, 7) is 5.55. The number of nitrogens with one attached hydrogen (secondary N) is 1. The first-order chi connectivity index (χ1) is 11.1. The largest absolute Gasteiger partial charge is 0.365 e. The number of likely N-dealkylation sites (tertiary alicyclic amines) is 1. The minimum atomic E-state index is 0.154. The van der Waals surface area contributed by atoms with Gasteiger partial charge < -0.3 is 14.8 Å². The van der Waals surface area contributed by atoms with Crippen molar-refractivity contribution in [3.05, 3.63) is 53.6 Å². The second-order valence-electron chi connectivity index (χ2n) is 6.48. The molecular weight excluding hydrogens is 288 g/mol. The molecule has 1 atom stereocenters. The van der Waals surface area contributed by atoms with Crippen molar-refractivity contribution in [2.75, 3.05) is 26.7 Å². The van der Waals surface area contributed by atoms with E-state index in [1.54, 1.807) is 6.20 Å². The Kier molecular flexibility index (Phi) is 4.76. The molecule has 0 aliphatic carbocycles. The molecule has 0 bridgehead atoms. The number of aromatic nitrogens is 2. The molecule has 0 spiro atoms. The fourth-order valence-corrected chi connectivity index (χ4v) is 3.33. The number of amides is 1. The van der Waals surface area contributed by atoms with E-state index in [4.69, 9.17) is 0 Å². The summed E-state index contributed by atoms with van der Waals surface area (Å²) in [4.78, 5) is 24.1. The van der Waals surface area contributed by atoms with Crippen LogP contribution in [0, 0.1) is 12.8 Å². The van der Waals surface area contributed by atoms with Crippen LogP contribution in [0.3, 0.4) is 0 Å². The highest BCUT2D eigenvalue weighted by Crippen LogP contribution is 2.21. The molecule has 5 nitrogen and oxygen atoms in total. The fourth-order valence-electron chi connectivity index (χ4n) is 3.33. The normalized spacial score (nSPS) is 17.9. The van der Waals surface area contributed by atoms with Gasteiger partial charge in [0, 0.05) is 50.5 Å². The van der Waals surface area contributed by atoms with E-state index in [-0.39, 0.29) is 5.91 Å². The number of carbonyl (C=O) groups excluding carboxylic acids is 1. The van der Waals surface area contributed by atoms with Gasteiger partial charge >= 0.3 is 0 Å². The van der Waals surface area contributed by atoms with Crippen molar-refractivity contribution in [3.63, 3.8) is 0 Å². The van der Waals surface area contributed by atoms with Crippen LogP contribution in [0.5, 0.6) is 0 Å². The maximum absolute atomic E-state index is 12.5. The van der Waals surface area contributed by atoms with E-state index >= 15 is 0 Å². The minimum Gasteiger partial charge on any atom is -0.365 e. The lowest BCUT2D eigenvalue weighted by atomic mass is 10.1. The van der Waals surface area contributed by atoms with Gasteiger partial charge in [-0.15, -0.1) is 0 Å². The lowest BCUT2D eigenvalue weighted by Crippen LogP contribution is -2.31. The van der Waals surface area contributed by atoms with Gasteiger partial charge in [0.25, 0.3) is 5.91 Å². The third kappa shape index (κ3) is 3.79. The standard InChI is InChI=1S/C18H24N4O/c1-14-17(5-8-20-14)18(23)22-9-6-16(13-22)12-21(2)11-15-4-3-7-19-10-15/h3-5,7-8,10,16,20H,6,9,11-13H2,1-2H3/t16-/m0/s1. The molecule has 3 heterocycles. The van der Waals surface area contributed by atoms with Crippen molar-refractivity contribution < 1.29 is 4.79 Å². The van der Waals surface area contributed by atoms with Crippen molar-refractivity contribution in [1.29, 1.82) is 0 Å². The molecule has 1 saturated heterocycles. The molecule has 0 saturated carbocycles. The molecule has 5 heteroatoms. The van der Waals surface area contributed by atoms with E-state index < -0.39 is 0 Å². The van der Waals surface area contributed by atoms with E-state index in [9.17, 15) is 4.79 Å². The summed E-state index contributed by atoms with van der Waals surface area (Å²) in [5.41, 5.74) is 2.98. The number of aromatic amines is 1. The maximum Gasteiger partial charge on any atom is 0.255 e.